The molecule has 0 unspecified atom stereocenters. The second-order valence-corrected chi connectivity index (χ2v) is 3.77. The lowest BCUT2D eigenvalue weighted by atomic mass is 10.0. The molecule has 0 atom stereocenters. The normalized spacial score (nSPS) is 10.2. The van der Waals surface area contributed by atoms with Crippen LogP contribution in [0.3, 0.4) is 0 Å². The highest BCUT2D eigenvalue weighted by Gasteiger charge is 2.03. The number of hydrogen-bond acceptors (Lipinski definition) is 3. The summed E-state index contributed by atoms with van der Waals surface area (Å²) in [5.74, 6) is -0.201. The molecule has 0 heterocycles. The van der Waals surface area contributed by atoms with E-state index >= 15 is 0 Å². The molecule has 0 spiro atoms. The maximum absolute atomic E-state index is 11.1. The van der Waals surface area contributed by atoms with Crippen molar-refractivity contribution >= 4 is 5.97 Å². The van der Waals surface area contributed by atoms with Gasteiger partial charge in [-0.15, -0.1) is 0 Å². The van der Waals surface area contributed by atoms with Crippen molar-refractivity contribution in [3.63, 3.8) is 0 Å². The number of hydrogen-bond donors (Lipinski definition) is 1. The highest BCUT2D eigenvalue weighted by molar-refractivity contribution is 5.71. The van der Waals surface area contributed by atoms with Gasteiger partial charge in [-0.1, -0.05) is 18.2 Å². The van der Waals surface area contributed by atoms with Crippen LogP contribution in [0.4, 0.5) is 0 Å². The molecule has 0 radical (unpaired) electrons. The van der Waals surface area contributed by atoms with Crippen LogP contribution < -0.4 is 5.32 Å². The van der Waals surface area contributed by atoms with Crippen LogP contribution in [-0.2, 0) is 16.1 Å². The Labute approximate surface area is 96.8 Å². The molecule has 0 aliphatic heterocycles. The fraction of sp³-hybridized carbons (Fsp3) is 0.462. The van der Waals surface area contributed by atoms with Crippen molar-refractivity contribution in [1.82, 2.24) is 5.32 Å². The third kappa shape index (κ3) is 3.66. The number of benzene rings is 1. The maximum Gasteiger partial charge on any atom is 0.319 e. The Hall–Kier alpha value is -1.35. The molecule has 0 bridgehead atoms. The summed E-state index contributed by atoms with van der Waals surface area (Å²) in [4.78, 5) is 11.1. The standard InChI is InChI=1S/C13H19NO2/c1-4-16-13(15)9-14-8-12-7-5-6-10(2)11(12)3/h5-7,14H,4,8-9H2,1-3H3. The fourth-order valence-corrected chi connectivity index (χ4v) is 1.51. The molecular weight excluding hydrogens is 202 g/mol. The largest absolute Gasteiger partial charge is 0.465 e. The van der Waals surface area contributed by atoms with Crippen molar-refractivity contribution in [1.29, 1.82) is 0 Å². The minimum absolute atomic E-state index is 0.201. The molecule has 0 aromatic heterocycles. The third-order valence-electron chi connectivity index (χ3n) is 2.61. The number of esters is 1. The molecular formula is C13H19NO2. The molecule has 0 amide bonds. The zero-order chi connectivity index (χ0) is 12.0. The zero-order valence-corrected chi connectivity index (χ0v) is 10.2. The first-order valence-electron chi connectivity index (χ1n) is 5.56. The first-order chi connectivity index (χ1) is 7.65. The molecule has 3 nitrogen and oxygen atoms in total. The van der Waals surface area contributed by atoms with Crippen LogP contribution in [0.25, 0.3) is 0 Å². The van der Waals surface area contributed by atoms with Gasteiger partial charge < -0.3 is 10.1 Å². The summed E-state index contributed by atoms with van der Waals surface area (Å²) < 4.78 is 4.83. The van der Waals surface area contributed by atoms with Gasteiger partial charge in [0.25, 0.3) is 0 Å². The van der Waals surface area contributed by atoms with Crippen LogP contribution in [0.15, 0.2) is 18.2 Å². The van der Waals surface area contributed by atoms with Crippen LogP contribution in [0.1, 0.15) is 23.6 Å². The Balaban J connectivity index is 2.43. The minimum Gasteiger partial charge on any atom is -0.465 e. The monoisotopic (exact) mass is 221 g/mol. The lowest BCUT2D eigenvalue weighted by Crippen LogP contribution is -2.24. The topological polar surface area (TPSA) is 38.3 Å². The number of carbonyl (C=O) groups excluding carboxylic acids is 1. The summed E-state index contributed by atoms with van der Waals surface area (Å²) in [5.41, 5.74) is 3.78. The van der Waals surface area contributed by atoms with E-state index in [1.807, 2.05) is 13.0 Å². The summed E-state index contributed by atoms with van der Waals surface area (Å²) in [6, 6.07) is 6.19. The zero-order valence-electron chi connectivity index (χ0n) is 10.2. The Morgan fingerprint density at radius 1 is 1.38 bits per heavy atom. The number of rotatable bonds is 5. The Kier molecular flexibility index (Phi) is 4.99. The Bertz CT molecular complexity index is 361. The van der Waals surface area contributed by atoms with Crippen LogP contribution in [0, 0.1) is 13.8 Å². The quantitative estimate of drug-likeness (QED) is 0.772. The second-order valence-electron chi connectivity index (χ2n) is 3.77. The predicted molar refractivity (Wildman–Crippen MR) is 64.3 cm³/mol. The van der Waals surface area contributed by atoms with E-state index in [2.05, 4.69) is 31.3 Å². The van der Waals surface area contributed by atoms with Crippen LogP contribution in [0.5, 0.6) is 0 Å². The Morgan fingerprint density at radius 3 is 2.81 bits per heavy atom. The molecule has 16 heavy (non-hydrogen) atoms. The van der Waals surface area contributed by atoms with E-state index in [0.717, 1.165) is 0 Å². The molecule has 0 aliphatic rings. The smallest absolute Gasteiger partial charge is 0.319 e. The molecule has 0 fully saturated rings. The van der Waals surface area contributed by atoms with Gasteiger partial charge in [0.2, 0.25) is 0 Å². The molecule has 1 aromatic rings. The van der Waals surface area contributed by atoms with E-state index < -0.39 is 0 Å². The number of ether oxygens (including phenoxy) is 1. The summed E-state index contributed by atoms with van der Waals surface area (Å²) in [5, 5.41) is 3.08. The molecule has 1 rings (SSSR count). The van der Waals surface area contributed by atoms with Gasteiger partial charge in [0, 0.05) is 6.54 Å². The third-order valence-corrected chi connectivity index (χ3v) is 2.61. The van der Waals surface area contributed by atoms with E-state index in [-0.39, 0.29) is 12.5 Å². The first kappa shape index (κ1) is 12.7. The van der Waals surface area contributed by atoms with Crippen molar-refractivity contribution in [2.24, 2.45) is 0 Å². The highest BCUT2D eigenvalue weighted by Crippen LogP contribution is 2.11. The first-order valence-corrected chi connectivity index (χ1v) is 5.56. The summed E-state index contributed by atoms with van der Waals surface area (Å²) >= 11 is 0. The van der Waals surface area contributed by atoms with Gasteiger partial charge in [0.05, 0.1) is 13.2 Å². The number of carbonyl (C=O) groups is 1. The maximum atomic E-state index is 11.1. The van der Waals surface area contributed by atoms with E-state index in [0.29, 0.717) is 13.2 Å². The second kappa shape index (κ2) is 6.28. The summed E-state index contributed by atoms with van der Waals surface area (Å²) in [6.45, 7) is 7.39. The van der Waals surface area contributed by atoms with Crippen molar-refractivity contribution in [2.75, 3.05) is 13.2 Å². The SMILES string of the molecule is CCOC(=O)CNCc1cccc(C)c1C. The number of nitrogens with one attached hydrogen (secondary N) is 1. The van der Waals surface area contributed by atoms with Crippen molar-refractivity contribution in [3.05, 3.63) is 34.9 Å². The minimum atomic E-state index is -0.201. The molecule has 0 saturated carbocycles. The fourth-order valence-electron chi connectivity index (χ4n) is 1.51. The lowest BCUT2D eigenvalue weighted by Gasteiger charge is -2.09. The Morgan fingerprint density at radius 2 is 2.12 bits per heavy atom. The summed E-state index contributed by atoms with van der Waals surface area (Å²) in [7, 11) is 0. The van der Waals surface area contributed by atoms with Crippen LogP contribution in [0.2, 0.25) is 0 Å². The molecule has 1 aromatic carbocycles. The van der Waals surface area contributed by atoms with Crippen LogP contribution in [-0.4, -0.2) is 19.1 Å². The van der Waals surface area contributed by atoms with Gasteiger partial charge in [-0.3, -0.25) is 4.79 Å². The van der Waals surface area contributed by atoms with Crippen molar-refractivity contribution in [3.8, 4) is 0 Å². The molecule has 3 heteroatoms. The average Bonchev–Trinajstić information content (AvgIpc) is 2.25. The molecule has 1 N–H and O–H groups in total. The average molecular weight is 221 g/mol. The van der Waals surface area contributed by atoms with Gasteiger partial charge in [-0.05, 0) is 37.5 Å². The van der Waals surface area contributed by atoms with Crippen LogP contribution >= 0.6 is 0 Å². The predicted octanol–water partition coefficient (Wildman–Crippen LogP) is 1.96. The van der Waals surface area contributed by atoms with Gasteiger partial charge in [0.15, 0.2) is 0 Å². The highest BCUT2D eigenvalue weighted by atomic mass is 16.5. The summed E-state index contributed by atoms with van der Waals surface area (Å²) in [6.07, 6.45) is 0. The van der Waals surface area contributed by atoms with Crippen molar-refractivity contribution < 1.29 is 9.53 Å². The van der Waals surface area contributed by atoms with Gasteiger partial charge in [-0.2, -0.15) is 0 Å². The number of aryl methyl sites for hydroxylation is 1. The lowest BCUT2D eigenvalue weighted by molar-refractivity contribution is -0.142. The van der Waals surface area contributed by atoms with E-state index in [1.165, 1.54) is 16.7 Å². The van der Waals surface area contributed by atoms with E-state index in [4.69, 9.17) is 4.74 Å². The van der Waals surface area contributed by atoms with Gasteiger partial charge in [-0.25, -0.2) is 0 Å². The molecule has 0 saturated heterocycles. The molecule has 0 aliphatic carbocycles. The van der Waals surface area contributed by atoms with Crippen molar-refractivity contribution in [2.45, 2.75) is 27.3 Å². The van der Waals surface area contributed by atoms with E-state index in [9.17, 15) is 4.79 Å². The molecule has 88 valence electrons. The van der Waals surface area contributed by atoms with Gasteiger partial charge >= 0.3 is 5.97 Å². The van der Waals surface area contributed by atoms with Gasteiger partial charge in [0.1, 0.15) is 0 Å². The van der Waals surface area contributed by atoms with E-state index in [1.54, 1.807) is 0 Å².